The largest absolute Gasteiger partial charge is 0.507 e. The molecule has 0 radical (unpaired) electrons. The van der Waals surface area contributed by atoms with Gasteiger partial charge >= 0.3 is 0 Å². The fourth-order valence-electron chi connectivity index (χ4n) is 1.17. The van der Waals surface area contributed by atoms with Crippen molar-refractivity contribution in [2.75, 3.05) is 13.7 Å². The minimum absolute atomic E-state index is 0.0188. The zero-order valence-corrected chi connectivity index (χ0v) is 9.87. The van der Waals surface area contributed by atoms with Crippen LogP contribution in [0.3, 0.4) is 0 Å². The van der Waals surface area contributed by atoms with Crippen LogP contribution in [-0.2, 0) is 0 Å². The van der Waals surface area contributed by atoms with Crippen molar-refractivity contribution in [3.8, 4) is 11.5 Å². The minimum atomic E-state index is -0.112. The highest BCUT2D eigenvalue weighted by Gasteiger charge is 2.12. The molecule has 0 saturated heterocycles. The third-order valence-electron chi connectivity index (χ3n) is 1.93. The second-order valence-corrected chi connectivity index (χ2v) is 3.77. The average molecular weight is 274 g/mol. The quantitative estimate of drug-likeness (QED) is 0.819. The summed E-state index contributed by atoms with van der Waals surface area (Å²) in [7, 11) is 1.47. The number of ether oxygens (including phenoxy) is 1. The van der Waals surface area contributed by atoms with E-state index in [1.807, 2.05) is 0 Å². The van der Waals surface area contributed by atoms with Crippen LogP contribution in [0.15, 0.2) is 16.6 Å². The number of benzene rings is 1. The molecule has 0 saturated carbocycles. The predicted octanol–water partition coefficient (Wildman–Crippen LogP) is 1.69. The van der Waals surface area contributed by atoms with Crippen molar-refractivity contribution in [2.45, 2.75) is 6.42 Å². The number of phenolic OH excluding ortho intramolecular Hbond substituents is 1. The van der Waals surface area contributed by atoms with Crippen LogP contribution in [0.5, 0.6) is 11.5 Å². The number of carbonyl (C=O) groups excluding carboxylic acids is 1. The van der Waals surface area contributed by atoms with Crippen LogP contribution in [0, 0.1) is 0 Å². The van der Waals surface area contributed by atoms with E-state index < -0.39 is 0 Å². The Morgan fingerprint density at radius 1 is 1.60 bits per heavy atom. The summed E-state index contributed by atoms with van der Waals surface area (Å²) in [6, 6.07) is 2.96. The molecular formula is C10H12BrNO3. The lowest BCUT2D eigenvalue weighted by Gasteiger charge is -2.07. The molecule has 1 aromatic rings. The van der Waals surface area contributed by atoms with Gasteiger partial charge in [0.05, 0.1) is 7.11 Å². The third kappa shape index (κ3) is 2.70. The van der Waals surface area contributed by atoms with Gasteiger partial charge in [-0.2, -0.15) is 0 Å². The standard InChI is InChI=1S/C10H12BrNO3/c1-15-9-5-6(7(13)2-3-12)4-8(14)10(9)11/h4-5,14H,2-3,12H2,1H3. The van der Waals surface area contributed by atoms with Gasteiger partial charge in [-0.3, -0.25) is 4.79 Å². The van der Waals surface area contributed by atoms with E-state index in [0.717, 1.165) is 0 Å². The molecule has 3 N–H and O–H groups in total. The van der Waals surface area contributed by atoms with Crippen LogP contribution in [0.4, 0.5) is 0 Å². The van der Waals surface area contributed by atoms with Crippen LogP contribution < -0.4 is 10.5 Å². The van der Waals surface area contributed by atoms with Crippen LogP contribution in [-0.4, -0.2) is 24.5 Å². The highest BCUT2D eigenvalue weighted by Crippen LogP contribution is 2.34. The summed E-state index contributed by atoms with van der Waals surface area (Å²) in [6.07, 6.45) is 0.254. The number of Topliss-reactive ketones (excluding diaryl/α,β-unsaturated/α-hetero) is 1. The lowest BCUT2D eigenvalue weighted by molar-refractivity contribution is 0.0984. The third-order valence-corrected chi connectivity index (χ3v) is 2.73. The molecule has 82 valence electrons. The maximum Gasteiger partial charge on any atom is 0.164 e. The van der Waals surface area contributed by atoms with Gasteiger partial charge in [-0.15, -0.1) is 0 Å². The summed E-state index contributed by atoms with van der Waals surface area (Å²) in [5.41, 5.74) is 5.68. The molecule has 0 aliphatic carbocycles. The first-order chi connectivity index (χ1) is 7.10. The Bertz CT molecular complexity index is 379. The van der Waals surface area contributed by atoms with Gasteiger partial charge in [0.2, 0.25) is 0 Å². The maximum absolute atomic E-state index is 11.5. The molecule has 0 amide bonds. The highest BCUT2D eigenvalue weighted by molar-refractivity contribution is 9.10. The van der Waals surface area contributed by atoms with Crippen molar-refractivity contribution in [3.63, 3.8) is 0 Å². The Kier molecular flexibility index (Phi) is 4.11. The summed E-state index contributed by atoms with van der Waals surface area (Å²) < 4.78 is 5.44. The summed E-state index contributed by atoms with van der Waals surface area (Å²) >= 11 is 3.15. The van der Waals surface area contributed by atoms with E-state index >= 15 is 0 Å². The van der Waals surface area contributed by atoms with Crippen LogP contribution in [0.2, 0.25) is 0 Å². The zero-order chi connectivity index (χ0) is 11.4. The lowest BCUT2D eigenvalue weighted by atomic mass is 10.1. The molecular weight excluding hydrogens is 262 g/mol. The van der Waals surface area contributed by atoms with Gasteiger partial charge in [0.25, 0.3) is 0 Å². The number of rotatable bonds is 4. The number of aromatic hydroxyl groups is 1. The van der Waals surface area contributed by atoms with Gasteiger partial charge in [0.15, 0.2) is 5.78 Å². The molecule has 0 aliphatic rings. The van der Waals surface area contributed by atoms with E-state index in [0.29, 0.717) is 15.8 Å². The van der Waals surface area contributed by atoms with E-state index in [1.54, 1.807) is 6.07 Å². The highest BCUT2D eigenvalue weighted by atomic mass is 79.9. The molecule has 0 spiro atoms. The molecule has 0 heterocycles. The Hall–Kier alpha value is -1.07. The SMILES string of the molecule is COc1cc(C(=O)CCN)cc(O)c1Br. The van der Waals surface area contributed by atoms with Crippen molar-refractivity contribution in [2.24, 2.45) is 5.73 Å². The predicted molar refractivity (Wildman–Crippen MR) is 60.4 cm³/mol. The first-order valence-corrected chi connectivity index (χ1v) is 5.19. The molecule has 0 bridgehead atoms. The topological polar surface area (TPSA) is 72.5 Å². The normalized spacial score (nSPS) is 10.1. The van der Waals surface area contributed by atoms with E-state index in [-0.39, 0.29) is 24.5 Å². The summed E-state index contributed by atoms with van der Waals surface area (Å²) in [6.45, 7) is 0.290. The number of ketones is 1. The Morgan fingerprint density at radius 2 is 2.27 bits per heavy atom. The van der Waals surface area contributed by atoms with Crippen molar-refractivity contribution in [1.82, 2.24) is 0 Å². The first kappa shape index (κ1) is 12.0. The van der Waals surface area contributed by atoms with E-state index in [1.165, 1.54) is 13.2 Å². The molecule has 5 heteroatoms. The van der Waals surface area contributed by atoms with Crippen molar-refractivity contribution in [1.29, 1.82) is 0 Å². The van der Waals surface area contributed by atoms with Crippen molar-refractivity contribution in [3.05, 3.63) is 22.2 Å². The monoisotopic (exact) mass is 273 g/mol. The Labute approximate surface area is 96.2 Å². The van der Waals surface area contributed by atoms with Crippen LogP contribution >= 0.6 is 15.9 Å². The molecule has 1 rings (SSSR count). The summed E-state index contributed by atoms with van der Waals surface area (Å²) in [5.74, 6) is 0.295. The average Bonchev–Trinajstić information content (AvgIpc) is 2.22. The number of methoxy groups -OCH3 is 1. The minimum Gasteiger partial charge on any atom is -0.507 e. The second-order valence-electron chi connectivity index (χ2n) is 2.97. The number of halogens is 1. The summed E-state index contributed by atoms with van der Waals surface area (Å²) in [4.78, 5) is 11.5. The number of carbonyl (C=O) groups is 1. The molecule has 0 aliphatic heterocycles. The fraction of sp³-hybridized carbons (Fsp3) is 0.300. The van der Waals surface area contributed by atoms with Gasteiger partial charge in [-0.05, 0) is 34.6 Å². The Morgan fingerprint density at radius 3 is 2.80 bits per heavy atom. The molecule has 1 aromatic carbocycles. The van der Waals surface area contributed by atoms with Crippen molar-refractivity contribution < 1.29 is 14.6 Å². The Balaban J connectivity index is 3.10. The van der Waals surface area contributed by atoms with Gasteiger partial charge in [0, 0.05) is 12.0 Å². The number of phenols is 1. The van der Waals surface area contributed by atoms with Gasteiger partial charge in [-0.25, -0.2) is 0 Å². The van der Waals surface area contributed by atoms with Gasteiger partial charge < -0.3 is 15.6 Å². The molecule has 0 fully saturated rings. The molecule has 0 unspecified atom stereocenters. The number of nitrogens with two attached hydrogens (primary N) is 1. The van der Waals surface area contributed by atoms with Crippen LogP contribution in [0.1, 0.15) is 16.8 Å². The molecule has 0 aromatic heterocycles. The van der Waals surface area contributed by atoms with E-state index in [2.05, 4.69) is 15.9 Å². The smallest absolute Gasteiger partial charge is 0.164 e. The van der Waals surface area contributed by atoms with E-state index in [4.69, 9.17) is 10.5 Å². The van der Waals surface area contributed by atoms with Crippen molar-refractivity contribution >= 4 is 21.7 Å². The lowest BCUT2D eigenvalue weighted by Crippen LogP contribution is -2.08. The maximum atomic E-state index is 11.5. The molecule has 15 heavy (non-hydrogen) atoms. The van der Waals surface area contributed by atoms with Crippen LogP contribution in [0.25, 0.3) is 0 Å². The van der Waals surface area contributed by atoms with Gasteiger partial charge in [-0.1, -0.05) is 0 Å². The van der Waals surface area contributed by atoms with E-state index in [9.17, 15) is 9.90 Å². The fourth-order valence-corrected chi connectivity index (χ4v) is 1.56. The number of hydrogen-bond donors (Lipinski definition) is 2. The molecule has 4 nitrogen and oxygen atoms in total. The van der Waals surface area contributed by atoms with Gasteiger partial charge in [0.1, 0.15) is 16.0 Å². The number of hydrogen-bond acceptors (Lipinski definition) is 4. The first-order valence-electron chi connectivity index (χ1n) is 4.40. The summed E-state index contributed by atoms with van der Waals surface area (Å²) in [5, 5.41) is 9.52. The zero-order valence-electron chi connectivity index (χ0n) is 8.29. The second kappa shape index (κ2) is 5.14. The molecule has 0 atom stereocenters.